The van der Waals surface area contributed by atoms with Crippen LogP contribution in [0.4, 0.5) is 0 Å². The molecular weight excluding hydrogens is 322 g/mol. The summed E-state index contributed by atoms with van der Waals surface area (Å²) in [4.78, 5) is 0. The van der Waals surface area contributed by atoms with Gasteiger partial charge in [-0.2, -0.15) is 4.68 Å². The number of aromatic nitrogens is 4. The smallest absolute Gasteiger partial charge is 0.170 e. The van der Waals surface area contributed by atoms with E-state index in [2.05, 4.69) is 46.8 Å². The average Bonchev–Trinajstić information content (AvgIpc) is 3.06. The van der Waals surface area contributed by atoms with Crippen molar-refractivity contribution in [1.29, 1.82) is 0 Å². The van der Waals surface area contributed by atoms with E-state index in [9.17, 15) is 0 Å². The predicted molar refractivity (Wildman–Crippen MR) is 95.0 cm³/mol. The zero-order valence-corrected chi connectivity index (χ0v) is 14.5. The highest BCUT2D eigenvalue weighted by Crippen LogP contribution is 2.23. The molecule has 0 radical (unpaired) electrons. The van der Waals surface area contributed by atoms with Crippen molar-refractivity contribution in [2.75, 3.05) is 0 Å². The quantitative estimate of drug-likeness (QED) is 0.741. The first-order valence-corrected chi connectivity index (χ1v) is 8.34. The van der Waals surface area contributed by atoms with Crippen LogP contribution in [0, 0.1) is 5.92 Å². The van der Waals surface area contributed by atoms with Crippen LogP contribution in [0.1, 0.15) is 31.3 Å². The lowest BCUT2D eigenvalue weighted by Gasteiger charge is -2.23. The van der Waals surface area contributed by atoms with E-state index in [-0.39, 0.29) is 6.04 Å². The fourth-order valence-electron chi connectivity index (χ4n) is 2.70. The van der Waals surface area contributed by atoms with Crippen LogP contribution < -0.4 is 5.32 Å². The first kappa shape index (κ1) is 16.6. The number of nitrogens with one attached hydrogen (secondary N) is 1. The third-order valence-electron chi connectivity index (χ3n) is 3.91. The highest BCUT2D eigenvalue weighted by atomic mass is 35.5. The second-order valence-electron chi connectivity index (χ2n) is 6.00. The molecule has 0 amide bonds. The fraction of sp³-hybridized carbons (Fsp3) is 0.278. The molecule has 1 atom stereocenters. The number of hydrogen-bond donors (Lipinski definition) is 1. The zero-order chi connectivity index (χ0) is 16.9. The Morgan fingerprint density at radius 3 is 2.42 bits per heavy atom. The van der Waals surface area contributed by atoms with Crippen molar-refractivity contribution >= 4 is 11.6 Å². The second-order valence-corrected chi connectivity index (χ2v) is 6.43. The Kier molecular flexibility index (Phi) is 5.23. The molecule has 0 aliphatic heterocycles. The monoisotopic (exact) mass is 341 g/mol. The van der Waals surface area contributed by atoms with Crippen molar-refractivity contribution in [2.24, 2.45) is 5.92 Å². The number of rotatable bonds is 6. The topological polar surface area (TPSA) is 55.6 Å². The molecule has 0 spiro atoms. The highest BCUT2D eigenvalue weighted by Gasteiger charge is 2.17. The maximum absolute atomic E-state index is 5.99. The van der Waals surface area contributed by atoms with Crippen LogP contribution >= 0.6 is 11.6 Å². The number of nitrogens with zero attached hydrogens (tertiary/aromatic N) is 4. The van der Waals surface area contributed by atoms with Crippen LogP contribution in [0.3, 0.4) is 0 Å². The minimum absolute atomic E-state index is 0.197. The highest BCUT2D eigenvalue weighted by molar-refractivity contribution is 6.30. The van der Waals surface area contributed by atoms with Gasteiger partial charge in [-0.3, -0.25) is 0 Å². The van der Waals surface area contributed by atoms with Gasteiger partial charge in [0.05, 0.1) is 12.2 Å². The lowest BCUT2D eigenvalue weighted by atomic mass is 9.96. The summed E-state index contributed by atoms with van der Waals surface area (Å²) in [5, 5.41) is 16.4. The van der Waals surface area contributed by atoms with Crippen molar-refractivity contribution < 1.29 is 0 Å². The van der Waals surface area contributed by atoms with Gasteiger partial charge in [-0.25, -0.2) is 0 Å². The number of benzene rings is 2. The molecule has 3 rings (SSSR count). The number of halogens is 1. The van der Waals surface area contributed by atoms with Crippen LogP contribution in [0.25, 0.3) is 5.69 Å². The van der Waals surface area contributed by atoms with Gasteiger partial charge in [-0.1, -0.05) is 55.8 Å². The minimum atomic E-state index is 0.197. The third-order valence-corrected chi connectivity index (χ3v) is 4.16. The Morgan fingerprint density at radius 2 is 1.75 bits per heavy atom. The molecule has 1 unspecified atom stereocenters. The molecule has 1 N–H and O–H groups in total. The molecule has 0 saturated heterocycles. The van der Waals surface area contributed by atoms with Gasteiger partial charge in [-0.05, 0) is 46.2 Å². The summed E-state index contributed by atoms with van der Waals surface area (Å²) in [5.41, 5.74) is 2.15. The van der Waals surface area contributed by atoms with Crippen LogP contribution in [0.2, 0.25) is 5.02 Å². The van der Waals surface area contributed by atoms with Gasteiger partial charge in [0.15, 0.2) is 5.82 Å². The van der Waals surface area contributed by atoms with Crippen molar-refractivity contribution in [3.05, 3.63) is 71.0 Å². The van der Waals surface area contributed by atoms with Gasteiger partial charge >= 0.3 is 0 Å². The lowest BCUT2D eigenvalue weighted by Crippen LogP contribution is -2.26. The van der Waals surface area contributed by atoms with Crippen molar-refractivity contribution in [3.63, 3.8) is 0 Å². The van der Waals surface area contributed by atoms with Crippen LogP contribution in [0.5, 0.6) is 0 Å². The summed E-state index contributed by atoms with van der Waals surface area (Å²) >= 11 is 5.99. The van der Waals surface area contributed by atoms with Gasteiger partial charge < -0.3 is 5.32 Å². The number of hydrogen-bond acceptors (Lipinski definition) is 4. The Balaban J connectivity index is 1.77. The van der Waals surface area contributed by atoms with E-state index in [4.69, 9.17) is 11.6 Å². The molecule has 5 nitrogen and oxygen atoms in total. The van der Waals surface area contributed by atoms with E-state index in [1.54, 1.807) is 4.68 Å². The molecule has 0 bridgehead atoms. The number of tetrazole rings is 1. The Morgan fingerprint density at radius 1 is 1.04 bits per heavy atom. The van der Waals surface area contributed by atoms with Crippen LogP contribution in [0.15, 0.2) is 54.6 Å². The number of para-hydroxylation sites is 1. The molecule has 0 aliphatic carbocycles. The van der Waals surface area contributed by atoms with E-state index in [0.717, 1.165) is 16.5 Å². The van der Waals surface area contributed by atoms with Gasteiger partial charge in [0.2, 0.25) is 0 Å². The summed E-state index contributed by atoms with van der Waals surface area (Å²) in [6.07, 6.45) is 0. The molecular formula is C18H20ClN5. The summed E-state index contributed by atoms with van der Waals surface area (Å²) in [7, 11) is 0. The minimum Gasteiger partial charge on any atom is -0.303 e. The summed E-state index contributed by atoms with van der Waals surface area (Å²) in [6.45, 7) is 4.95. The molecule has 6 heteroatoms. The third kappa shape index (κ3) is 3.80. The molecule has 2 aromatic carbocycles. The normalized spacial score (nSPS) is 12.5. The second kappa shape index (κ2) is 7.55. The average molecular weight is 342 g/mol. The Labute approximate surface area is 146 Å². The van der Waals surface area contributed by atoms with Crippen LogP contribution in [-0.4, -0.2) is 20.2 Å². The van der Waals surface area contributed by atoms with Gasteiger partial charge in [0, 0.05) is 11.1 Å². The molecule has 0 aliphatic rings. The molecule has 0 saturated carbocycles. The molecule has 1 heterocycles. The summed E-state index contributed by atoms with van der Waals surface area (Å²) in [6, 6.07) is 18.0. The van der Waals surface area contributed by atoms with Crippen LogP contribution in [-0.2, 0) is 6.54 Å². The van der Waals surface area contributed by atoms with Gasteiger partial charge in [0.1, 0.15) is 0 Å². The predicted octanol–water partition coefficient (Wildman–Crippen LogP) is 3.80. The van der Waals surface area contributed by atoms with Gasteiger partial charge in [0.25, 0.3) is 0 Å². The molecule has 1 aromatic heterocycles. The molecule has 0 fully saturated rings. The molecule has 124 valence electrons. The van der Waals surface area contributed by atoms with E-state index < -0.39 is 0 Å². The van der Waals surface area contributed by atoms with Crippen molar-refractivity contribution in [1.82, 2.24) is 25.5 Å². The largest absolute Gasteiger partial charge is 0.303 e. The first-order valence-electron chi connectivity index (χ1n) is 7.96. The first-order chi connectivity index (χ1) is 11.6. The molecule has 24 heavy (non-hydrogen) atoms. The van der Waals surface area contributed by atoms with Crippen molar-refractivity contribution in [2.45, 2.75) is 26.4 Å². The lowest BCUT2D eigenvalue weighted by molar-refractivity contribution is 0.404. The maximum atomic E-state index is 5.99. The maximum Gasteiger partial charge on any atom is 0.170 e. The van der Waals surface area contributed by atoms with E-state index in [1.165, 1.54) is 5.56 Å². The van der Waals surface area contributed by atoms with E-state index in [0.29, 0.717) is 12.5 Å². The Bertz CT molecular complexity index is 768. The summed E-state index contributed by atoms with van der Waals surface area (Å²) in [5.74, 6) is 1.20. The van der Waals surface area contributed by atoms with E-state index in [1.807, 2.05) is 42.5 Å². The van der Waals surface area contributed by atoms with Gasteiger partial charge in [-0.15, -0.1) is 5.10 Å². The summed E-state index contributed by atoms with van der Waals surface area (Å²) < 4.78 is 1.76. The standard InChI is InChI=1S/C18H20ClN5/c1-13(2)18(14-8-10-15(19)11-9-14)20-12-17-21-22-23-24(17)16-6-4-3-5-7-16/h3-11,13,18,20H,12H2,1-2H3. The zero-order valence-electron chi connectivity index (χ0n) is 13.7. The molecule has 3 aromatic rings. The SMILES string of the molecule is CC(C)C(NCc1nnnn1-c1ccccc1)c1ccc(Cl)cc1. The van der Waals surface area contributed by atoms with Crippen molar-refractivity contribution in [3.8, 4) is 5.69 Å². The Hall–Kier alpha value is -2.24. The fourth-order valence-corrected chi connectivity index (χ4v) is 2.82. The van der Waals surface area contributed by atoms with E-state index >= 15 is 0 Å².